The minimum Gasteiger partial charge on any atom is -0.549 e. The number of unbranched alkanes of at least 4 members (excludes halogenated alkanes) is 1. The molecule has 104 valence electrons. The van der Waals surface area contributed by atoms with Gasteiger partial charge in [0.2, 0.25) is 0 Å². The van der Waals surface area contributed by atoms with Crippen LogP contribution >= 0.6 is 0 Å². The largest absolute Gasteiger partial charge is 2.00 e. The molecule has 0 fully saturated rings. The summed E-state index contributed by atoms with van der Waals surface area (Å²) in [5.74, 6) is -6.03. The van der Waals surface area contributed by atoms with Gasteiger partial charge in [-0.25, -0.2) is 0 Å². The molecule has 0 bridgehead atoms. The monoisotopic (exact) mass is 431 g/mol. The van der Waals surface area contributed by atoms with Crippen LogP contribution in [0.1, 0.15) is 25.7 Å². The maximum Gasteiger partial charge on any atom is 2.00 e. The zero-order chi connectivity index (χ0) is 11.1. The molecule has 0 aliphatic rings. The fourth-order valence-corrected chi connectivity index (χ4v) is 0.957. The molecule has 0 aromatic rings. The summed E-state index contributed by atoms with van der Waals surface area (Å²) in [5.41, 5.74) is 0. The van der Waals surface area contributed by atoms with E-state index >= 15 is 0 Å². The van der Waals surface area contributed by atoms with Gasteiger partial charge in [0.25, 0.3) is 0 Å². The Bertz CT molecular complexity index is 234. The molecule has 7 N–H and O–H groups in total. The van der Waals surface area contributed by atoms with E-state index in [0.717, 1.165) is 0 Å². The SMILES string of the molecule is N.N.O=C(O)CCCCC(C(=O)[O-])C(=O)[O-].[Pt+2]. The number of carbonyl (C=O) groups excluding carboxylic acids is 2. The first-order chi connectivity index (χ1) is 6.45. The van der Waals surface area contributed by atoms with E-state index < -0.39 is 23.8 Å². The molecule has 0 aliphatic carbocycles. The fraction of sp³-hybridized carbons (Fsp3) is 0.625. The Balaban J connectivity index is -0.000000282. The maximum atomic E-state index is 10.2. The zero-order valence-corrected chi connectivity index (χ0v) is 11.4. The van der Waals surface area contributed by atoms with Crippen LogP contribution in [0.4, 0.5) is 0 Å². The number of hydrogen-bond acceptors (Lipinski definition) is 7. The summed E-state index contributed by atoms with van der Waals surface area (Å²) in [6.07, 6.45) is 0.191. The van der Waals surface area contributed by atoms with Crippen LogP contribution in [-0.4, -0.2) is 23.0 Å². The first-order valence-electron chi connectivity index (χ1n) is 4.08. The summed E-state index contributed by atoms with van der Waals surface area (Å²) in [4.78, 5) is 30.5. The fourth-order valence-electron chi connectivity index (χ4n) is 0.957. The summed E-state index contributed by atoms with van der Waals surface area (Å²) < 4.78 is 0. The van der Waals surface area contributed by atoms with Crippen LogP contribution in [0.5, 0.6) is 0 Å². The van der Waals surface area contributed by atoms with E-state index in [9.17, 15) is 24.6 Å². The van der Waals surface area contributed by atoms with Crippen LogP contribution in [0.25, 0.3) is 0 Å². The topological polar surface area (TPSA) is 188 Å². The molecule has 0 aromatic carbocycles. The predicted octanol–water partition coefficient (Wildman–Crippen LogP) is -1.93. The van der Waals surface area contributed by atoms with Gasteiger partial charge in [0.1, 0.15) is 0 Å². The second-order valence-electron chi connectivity index (χ2n) is 2.83. The van der Waals surface area contributed by atoms with Crippen molar-refractivity contribution in [3.63, 3.8) is 0 Å². The molecule has 0 heterocycles. The second-order valence-corrected chi connectivity index (χ2v) is 2.83. The summed E-state index contributed by atoms with van der Waals surface area (Å²) in [6, 6.07) is 0. The molecule has 0 unspecified atom stereocenters. The van der Waals surface area contributed by atoms with Crippen LogP contribution in [0, 0.1) is 5.92 Å². The third-order valence-electron chi connectivity index (χ3n) is 1.70. The summed E-state index contributed by atoms with van der Waals surface area (Å²) in [6.45, 7) is 0. The zero-order valence-electron chi connectivity index (χ0n) is 9.12. The molecule has 17 heavy (non-hydrogen) atoms. The van der Waals surface area contributed by atoms with Crippen molar-refractivity contribution in [3.05, 3.63) is 0 Å². The molecule has 0 aromatic heterocycles. The minimum absolute atomic E-state index is 0. The number of hydrogen-bond donors (Lipinski definition) is 3. The van der Waals surface area contributed by atoms with Crippen molar-refractivity contribution in [1.82, 2.24) is 12.3 Å². The van der Waals surface area contributed by atoms with Crippen LogP contribution in [0.2, 0.25) is 0 Å². The van der Waals surface area contributed by atoms with Gasteiger partial charge in [0, 0.05) is 12.3 Å². The van der Waals surface area contributed by atoms with Crippen LogP contribution in [0.15, 0.2) is 0 Å². The van der Waals surface area contributed by atoms with Gasteiger partial charge in [0.05, 0.1) is 11.9 Å². The molecule has 0 amide bonds. The Morgan fingerprint density at radius 2 is 1.41 bits per heavy atom. The van der Waals surface area contributed by atoms with Gasteiger partial charge in [-0.2, -0.15) is 0 Å². The molecule has 0 saturated carbocycles. The number of carboxylic acid groups (broad SMARTS) is 3. The molecule has 8 nitrogen and oxygen atoms in total. The molecule has 9 heteroatoms. The van der Waals surface area contributed by atoms with Gasteiger partial charge in [-0.15, -0.1) is 0 Å². The molecule has 0 atom stereocenters. The van der Waals surface area contributed by atoms with Gasteiger partial charge >= 0.3 is 27.0 Å². The summed E-state index contributed by atoms with van der Waals surface area (Å²) in [7, 11) is 0. The smallest absolute Gasteiger partial charge is 0.549 e. The Hall–Kier alpha value is -0.982. The number of rotatable bonds is 7. The molecule has 0 spiro atoms. The molecule has 0 saturated heterocycles. The minimum atomic E-state index is -1.69. The van der Waals surface area contributed by atoms with Crippen molar-refractivity contribution in [3.8, 4) is 0 Å². The third kappa shape index (κ3) is 13.0. The normalized spacial score (nSPS) is 8.29. The molecular weight excluding hydrogens is 415 g/mol. The number of aliphatic carboxylic acids is 3. The van der Waals surface area contributed by atoms with Crippen molar-refractivity contribution in [2.75, 3.05) is 0 Å². The van der Waals surface area contributed by atoms with E-state index in [4.69, 9.17) is 5.11 Å². The molecule has 0 aliphatic heterocycles. The predicted molar refractivity (Wildman–Crippen MR) is 49.7 cm³/mol. The summed E-state index contributed by atoms with van der Waals surface area (Å²) in [5, 5.41) is 28.7. The molecule has 0 radical (unpaired) electrons. The van der Waals surface area contributed by atoms with Crippen molar-refractivity contribution < 1.29 is 50.8 Å². The van der Waals surface area contributed by atoms with E-state index in [1.165, 1.54) is 0 Å². The second kappa shape index (κ2) is 13.1. The Kier molecular flexibility index (Phi) is 19.3. The number of carboxylic acids is 3. The quantitative estimate of drug-likeness (QED) is 0.307. The van der Waals surface area contributed by atoms with Crippen molar-refractivity contribution >= 4 is 17.9 Å². The van der Waals surface area contributed by atoms with Gasteiger partial charge in [-0.05, 0) is 12.8 Å². The standard InChI is InChI=1S/C8H12O6.2H3N.Pt/c9-6(10)4-2-1-3-5(7(11)12)8(13)14;;;/h5H,1-4H2,(H,9,10)(H,11,12)(H,13,14);2*1H3;/q;;;+2/p-2. The molecule has 0 rings (SSSR count). The Labute approximate surface area is 113 Å². The third-order valence-corrected chi connectivity index (χ3v) is 1.70. The van der Waals surface area contributed by atoms with E-state index in [2.05, 4.69) is 0 Å². The first-order valence-corrected chi connectivity index (χ1v) is 4.08. The van der Waals surface area contributed by atoms with Crippen LogP contribution in [-0.2, 0) is 35.4 Å². The number of carbonyl (C=O) groups is 3. The Morgan fingerprint density at radius 3 is 1.71 bits per heavy atom. The van der Waals surface area contributed by atoms with Crippen LogP contribution < -0.4 is 22.5 Å². The van der Waals surface area contributed by atoms with Crippen molar-refractivity contribution in [1.29, 1.82) is 0 Å². The Morgan fingerprint density at radius 1 is 1.00 bits per heavy atom. The van der Waals surface area contributed by atoms with E-state index in [0.29, 0.717) is 0 Å². The van der Waals surface area contributed by atoms with Crippen molar-refractivity contribution in [2.24, 2.45) is 5.92 Å². The average molecular weight is 431 g/mol. The van der Waals surface area contributed by atoms with E-state index in [1.807, 2.05) is 0 Å². The van der Waals surface area contributed by atoms with Gasteiger partial charge < -0.3 is 37.2 Å². The first kappa shape index (κ1) is 25.0. The maximum absolute atomic E-state index is 10.2. The van der Waals surface area contributed by atoms with Crippen molar-refractivity contribution in [2.45, 2.75) is 25.7 Å². The average Bonchev–Trinajstić information content (AvgIpc) is 2.01. The van der Waals surface area contributed by atoms with Gasteiger partial charge in [-0.3, -0.25) is 4.79 Å². The molecular formula is C8H16N2O6Pt. The summed E-state index contributed by atoms with van der Waals surface area (Å²) >= 11 is 0. The van der Waals surface area contributed by atoms with Crippen LogP contribution in [0.3, 0.4) is 0 Å². The van der Waals surface area contributed by atoms with Gasteiger partial charge in [-0.1, -0.05) is 6.42 Å². The van der Waals surface area contributed by atoms with E-state index in [1.54, 1.807) is 0 Å². The van der Waals surface area contributed by atoms with E-state index in [-0.39, 0.29) is 59.0 Å². The van der Waals surface area contributed by atoms with Gasteiger partial charge in [0.15, 0.2) is 0 Å².